The standard InChI is InChI=1S/C27H29N5O3/c1-16(2)32-25-22(15-28-32)21(14-24(29-25)20-13-17(3)35-18(20)4)26(33)30-23-10-6-5-9-19(23)27(34)31-11-7-8-12-31/h5-6,9-10,13-16H,7-8,11-12H2,1-4H3,(H,30,33). The summed E-state index contributed by atoms with van der Waals surface area (Å²) in [4.78, 5) is 33.4. The zero-order chi connectivity index (χ0) is 24.7. The first-order valence-corrected chi connectivity index (χ1v) is 12.0. The molecule has 2 amide bonds. The maximum atomic E-state index is 13.7. The minimum Gasteiger partial charge on any atom is -0.466 e. The van der Waals surface area contributed by atoms with E-state index in [1.807, 2.05) is 55.5 Å². The maximum Gasteiger partial charge on any atom is 0.256 e. The summed E-state index contributed by atoms with van der Waals surface area (Å²) in [5.41, 5.74) is 3.53. The number of anilines is 1. The van der Waals surface area contributed by atoms with Gasteiger partial charge in [-0.2, -0.15) is 5.10 Å². The number of fused-ring (bicyclic) bond motifs is 1. The Labute approximate surface area is 203 Å². The Hall–Kier alpha value is -3.94. The highest BCUT2D eigenvalue weighted by atomic mass is 16.3. The Morgan fingerprint density at radius 3 is 2.49 bits per heavy atom. The summed E-state index contributed by atoms with van der Waals surface area (Å²) in [7, 11) is 0. The van der Waals surface area contributed by atoms with Crippen LogP contribution in [0.1, 0.15) is 65.0 Å². The Bertz CT molecular complexity index is 1430. The van der Waals surface area contributed by atoms with Gasteiger partial charge in [0.05, 0.1) is 34.1 Å². The number of benzene rings is 1. The van der Waals surface area contributed by atoms with Crippen molar-refractivity contribution in [1.82, 2.24) is 19.7 Å². The molecule has 1 aliphatic heterocycles. The van der Waals surface area contributed by atoms with E-state index >= 15 is 0 Å². The number of likely N-dealkylation sites (tertiary alicyclic amines) is 1. The summed E-state index contributed by atoms with van der Waals surface area (Å²) < 4.78 is 7.53. The molecule has 0 spiro atoms. The summed E-state index contributed by atoms with van der Waals surface area (Å²) in [6.45, 7) is 9.30. The SMILES string of the molecule is Cc1cc(-c2cc(C(=O)Nc3ccccc3C(=O)N3CCCC3)c3cnn(C(C)C)c3n2)c(C)o1. The molecule has 180 valence electrons. The van der Waals surface area contributed by atoms with E-state index in [4.69, 9.17) is 9.40 Å². The van der Waals surface area contributed by atoms with Crippen molar-refractivity contribution in [2.75, 3.05) is 18.4 Å². The van der Waals surface area contributed by atoms with E-state index in [0.717, 1.165) is 43.0 Å². The fourth-order valence-corrected chi connectivity index (χ4v) is 4.67. The number of furan rings is 1. The summed E-state index contributed by atoms with van der Waals surface area (Å²) in [5, 5.41) is 8.13. The van der Waals surface area contributed by atoms with Crippen LogP contribution in [0, 0.1) is 13.8 Å². The average molecular weight is 472 g/mol. The van der Waals surface area contributed by atoms with Crippen LogP contribution in [-0.2, 0) is 0 Å². The second-order valence-electron chi connectivity index (χ2n) is 9.30. The van der Waals surface area contributed by atoms with Gasteiger partial charge in [0.1, 0.15) is 11.5 Å². The van der Waals surface area contributed by atoms with Gasteiger partial charge in [-0.05, 0) is 64.8 Å². The normalized spacial score (nSPS) is 13.7. The first-order chi connectivity index (χ1) is 16.8. The van der Waals surface area contributed by atoms with Crippen LogP contribution >= 0.6 is 0 Å². The van der Waals surface area contributed by atoms with Crippen LogP contribution in [0.15, 0.2) is 47.0 Å². The molecular formula is C27H29N5O3. The van der Waals surface area contributed by atoms with Gasteiger partial charge in [-0.1, -0.05) is 12.1 Å². The van der Waals surface area contributed by atoms with Crippen molar-refractivity contribution in [3.05, 3.63) is 65.2 Å². The lowest BCUT2D eigenvalue weighted by atomic mass is 10.1. The fraction of sp³-hybridized carbons (Fsp3) is 0.333. The monoisotopic (exact) mass is 471 g/mol. The largest absolute Gasteiger partial charge is 0.466 e. The molecule has 1 saturated heterocycles. The maximum absolute atomic E-state index is 13.7. The van der Waals surface area contributed by atoms with Crippen LogP contribution in [0.2, 0.25) is 0 Å². The van der Waals surface area contributed by atoms with Crippen LogP contribution in [0.3, 0.4) is 0 Å². The zero-order valence-corrected chi connectivity index (χ0v) is 20.5. The lowest BCUT2D eigenvalue weighted by Gasteiger charge is -2.18. The van der Waals surface area contributed by atoms with Crippen LogP contribution in [0.5, 0.6) is 0 Å². The van der Waals surface area contributed by atoms with Crippen molar-refractivity contribution in [3.8, 4) is 11.3 Å². The molecule has 8 heteroatoms. The number of amides is 2. The van der Waals surface area contributed by atoms with Gasteiger partial charge in [-0.15, -0.1) is 0 Å². The van der Waals surface area contributed by atoms with Crippen molar-refractivity contribution in [2.24, 2.45) is 0 Å². The lowest BCUT2D eigenvalue weighted by Crippen LogP contribution is -2.28. The molecule has 0 unspecified atom stereocenters. The number of rotatable bonds is 5. The summed E-state index contributed by atoms with van der Waals surface area (Å²) in [6.07, 6.45) is 3.69. The third-order valence-corrected chi connectivity index (χ3v) is 6.42. The van der Waals surface area contributed by atoms with Crippen molar-refractivity contribution >= 4 is 28.5 Å². The first kappa shape index (κ1) is 22.8. The van der Waals surface area contributed by atoms with Crippen LogP contribution in [0.25, 0.3) is 22.3 Å². The molecule has 1 N–H and O–H groups in total. The number of para-hydroxylation sites is 1. The number of aromatic nitrogens is 3. The Balaban J connectivity index is 1.58. The van der Waals surface area contributed by atoms with Crippen LogP contribution in [-0.4, -0.2) is 44.6 Å². The van der Waals surface area contributed by atoms with E-state index in [9.17, 15) is 9.59 Å². The van der Waals surface area contributed by atoms with E-state index in [2.05, 4.69) is 10.4 Å². The third-order valence-electron chi connectivity index (χ3n) is 6.42. The third kappa shape index (κ3) is 4.20. The molecule has 0 aliphatic carbocycles. The first-order valence-electron chi connectivity index (χ1n) is 12.0. The minimum atomic E-state index is -0.318. The average Bonchev–Trinajstić information content (AvgIpc) is 3.58. The van der Waals surface area contributed by atoms with E-state index in [1.165, 1.54) is 0 Å². The molecule has 1 aromatic carbocycles. The van der Waals surface area contributed by atoms with Crippen molar-refractivity contribution < 1.29 is 14.0 Å². The molecule has 1 fully saturated rings. The molecule has 0 saturated carbocycles. The molecule has 3 aromatic heterocycles. The number of hydrogen-bond acceptors (Lipinski definition) is 5. The fourth-order valence-electron chi connectivity index (χ4n) is 4.67. The van der Waals surface area contributed by atoms with Crippen molar-refractivity contribution in [2.45, 2.75) is 46.6 Å². The van der Waals surface area contributed by atoms with Gasteiger partial charge in [-0.25, -0.2) is 9.67 Å². The number of nitrogens with zero attached hydrogens (tertiary/aromatic N) is 4. The van der Waals surface area contributed by atoms with E-state index in [1.54, 1.807) is 24.4 Å². The Kier molecular flexibility index (Phi) is 5.88. The van der Waals surface area contributed by atoms with Gasteiger partial charge in [-0.3, -0.25) is 9.59 Å². The van der Waals surface area contributed by atoms with E-state index < -0.39 is 0 Å². The molecule has 8 nitrogen and oxygen atoms in total. The van der Waals surface area contributed by atoms with Gasteiger partial charge in [0.25, 0.3) is 11.8 Å². The molecule has 5 rings (SSSR count). The number of carbonyl (C=O) groups is 2. The minimum absolute atomic E-state index is 0.0592. The van der Waals surface area contributed by atoms with Gasteiger partial charge in [0, 0.05) is 24.7 Å². The van der Waals surface area contributed by atoms with E-state index in [-0.39, 0.29) is 17.9 Å². The molecule has 0 atom stereocenters. The Morgan fingerprint density at radius 2 is 1.80 bits per heavy atom. The van der Waals surface area contributed by atoms with Crippen molar-refractivity contribution in [3.63, 3.8) is 0 Å². The van der Waals surface area contributed by atoms with Crippen molar-refractivity contribution in [1.29, 1.82) is 0 Å². The molecule has 0 radical (unpaired) electrons. The van der Waals surface area contributed by atoms with E-state index in [0.29, 0.717) is 33.5 Å². The van der Waals surface area contributed by atoms with Gasteiger partial charge < -0.3 is 14.6 Å². The number of aryl methyl sites for hydroxylation is 2. The predicted octanol–water partition coefficient (Wildman–Crippen LogP) is 5.38. The highest BCUT2D eigenvalue weighted by Gasteiger charge is 2.24. The Morgan fingerprint density at radius 1 is 1.06 bits per heavy atom. The molecular weight excluding hydrogens is 442 g/mol. The molecule has 0 bridgehead atoms. The second kappa shape index (κ2) is 9.02. The number of carbonyl (C=O) groups excluding carboxylic acids is 2. The van der Waals surface area contributed by atoms with Gasteiger partial charge in [0.2, 0.25) is 0 Å². The van der Waals surface area contributed by atoms with Crippen LogP contribution < -0.4 is 5.32 Å². The molecule has 1 aliphatic rings. The topological polar surface area (TPSA) is 93.3 Å². The quantitative estimate of drug-likeness (QED) is 0.422. The summed E-state index contributed by atoms with van der Waals surface area (Å²) in [5.74, 6) is 1.13. The smallest absolute Gasteiger partial charge is 0.256 e. The molecule has 35 heavy (non-hydrogen) atoms. The highest BCUT2D eigenvalue weighted by molar-refractivity contribution is 6.14. The lowest BCUT2D eigenvalue weighted by molar-refractivity contribution is 0.0794. The number of hydrogen-bond donors (Lipinski definition) is 1. The number of nitrogens with one attached hydrogen (secondary N) is 1. The number of pyridine rings is 1. The molecule has 4 aromatic rings. The zero-order valence-electron chi connectivity index (χ0n) is 20.5. The highest BCUT2D eigenvalue weighted by Crippen LogP contribution is 2.31. The van der Waals surface area contributed by atoms with Gasteiger partial charge in [0.15, 0.2) is 5.65 Å². The molecule has 4 heterocycles. The summed E-state index contributed by atoms with van der Waals surface area (Å²) >= 11 is 0. The predicted molar refractivity (Wildman–Crippen MR) is 135 cm³/mol. The van der Waals surface area contributed by atoms with Gasteiger partial charge >= 0.3 is 0 Å². The van der Waals surface area contributed by atoms with Crippen LogP contribution in [0.4, 0.5) is 5.69 Å². The second-order valence-corrected chi connectivity index (χ2v) is 9.30. The summed E-state index contributed by atoms with van der Waals surface area (Å²) in [6, 6.07) is 10.9.